The Bertz CT molecular complexity index is 467. The molecule has 0 aromatic carbocycles. The minimum atomic E-state index is 0.217. The average molecular weight is 248 g/mol. The van der Waals surface area contributed by atoms with Gasteiger partial charge in [-0.05, 0) is 17.4 Å². The molecule has 90 valence electrons. The van der Waals surface area contributed by atoms with Crippen molar-refractivity contribution in [3.8, 4) is 0 Å². The van der Waals surface area contributed by atoms with Gasteiger partial charge in [-0.1, -0.05) is 19.9 Å². The van der Waals surface area contributed by atoms with Gasteiger partial charge in [0.1, 0.15) is 0 Å². The van der Waals surface area contributed by atoms with Crippen molar-refractivity contribution in [1.82, 2.24) is 9.97 Å². The molecule has 0 saturated heterocycles. The van der Waals surface area contributed by atoms with Crippen molar-refractivity contribution in [2.24, 2.45) is 5.92 Å². The van der Waals surface area contributed by atoms with Gasteiger partial charge in [-0.15, -0.1) is 11.3 Å². The molecule has 0 aliphatic carbocycles. The summed E-state index contributed by atoms with van der Waals surface area (Å²) in [5, 5.41) is 5.44. The summed E-state index contributed by atoms with van der Waals surface area (Å²) in [6.45, 7) is 4.34. The first-order valence-corrected chi connectivity index (χ1v) is 6.43. The number of rotatable bonds is 4. The van der Waals surface area contributed by atoms with E-state index in [4.69, 9.17) is 5.73 Å². The molecule has 0 saturated carbocycles. The van der Waals surface area contributed by atoms with E-state index in [2.05, 4.69) is 46.6 Å². The van der Waals surface area contributed by atoms with E-state index in [0.29, 0.717) is 17.6 Å². The Kier molecular flexibility index (Phi) is 3.58. The molecule has 2 aromatic rings. The number of thiophene rings is 1. The number of hydrogen-bond acceptors (Lipinski definition) is 5. The molecule has 2 heterocycles. The summed E-state index contributed by atoms with van der Waals surface area (Å²) in [5.74, 6) is 1.55. The number of aromatic nitrogens is 2. The largest absolute Gasteiger partial charge is 0.381 e. The molecule has 0 spiro atoms. The molecule has 0 fully saturated rings. The molecule has 0 aliphatic rings. The maximum Gasteiger partial charge on any atom is 0.169 e. The first kappa shape index (κ1) is 11.9. The van der Waals surface area contributed by atoms with Crippen LogP contribution in [-0.4, -0.2) is 9.97 Å². The summed E-state index contributed by atoms with van der Waals surface area (Å²) >= 11 is 1.73. The molecule has 2 rings (SSSR count). The SMILES string of the molecule is CC(C)C(Nc1nccnc1N)c1cccs1. The van der Waals surface area contributed by atoms with Gasteiger partial charge in [0.05, 0.1) is 6.04 Å². The minimum absolute atomic E-state index is 0.217. The van der Waals surface area contributed by atoms with Gasteiger partial charge < -0.3 is 11.1 Å². The van der Waals surface area contributed by atoms with Crippen molar-refractivity contribution < 1.29 is 0 Å². The van der Waals surface area contributed by atoms with E-state index in [-0.39, 0.29) is 6.04 Å². The van der Waals surface area contributed by atoms with Gasteiger partial charge in [0, 0.05) is 17.3 Å². The second-order valence-corrected chi connectivity index (χ2v) is 5.15. The van der Waals surface area contributed by atoms with Gasteiger partial charge >= 0.3 is 0 Å². The average Bonchev–Trinajstić information content (AvgIpc) is 2.81. The monoisotopic (exact) mass is 248 g/mol. The maximum absolute atomic E-state index is 5.79. The first-order valence-electron chi connectivity index (χ1n) is 5.55. The number of nitrogens with one attached hydrogen (secondary N) is 1. The van der Waals surface area contributed by atoms with Crippen molar-refractivity contribution in [2.45, 2.75) is 19.9 Å². The lowest BCUT2D eigenvalue weighted by atomic mass is 10.0. The Morgan fingerprint density at radius 1 is 1.29 bits per heavy atom. The van der Waals surface area contributed by atoms with E-state index in [1.54, 1.807) is 23.7 Å². The Labute approximate surface area is 105 Å². The van der Waals surface area contributed by atoms with Crippen molar-refractivity contribution >= 4 is 23.0 Å². The molecule has 4 nitrogen and oxygen atoms in total. The van der Waals surface area contributed by atoms with E-state index in [1.165, 1.54) is 4.88 Å². The van der Waals surface area contributed by atoms with Crippen LogP contribution < -0.4 is 11.1 Å². The van der Waals surface area contributed by atoms with Crippen molar-refractivity contribution in [3.05, 3.63) is 34.8 Å². The summed E-state index contributed by atoms with van der Waals surface area (Å²) in [4.78, 5) is 9.53. The van der Waals surface area contributed by atoms with E-state index >= 15 is 0 Å². The fraction of sp³-hybridized carbons (Fsp3) is 0.333. The van der Waals surface area contributed by atoms with Gasteiger partial charge in [0.2, 0.25) is 0 Å². The van der Waals surface area contributed by atoms with Crippen molar-refractivity contribution in [3.63, 3.8) is 0 Å². The molecule has 2 aromatic heterocycles. The first-order chi connectivity index (χ1) is 8.18. The van der Waals surface area contributed by atoms with Crippen molar-refractivity contribution in [1.29, 1.82) is 0 Å². The van der Waals surface area contributed by atoms with Crippen LogP contribution in [0.3, 0.4) is 0 Å². The Balaban J connectivity index is 2.23. The van der Waals surface area contributed by atoms with Crippen molar-refractivity contribution in [2.75, 3.05) is 11.1 Å². The summed E-state index contributed by atoms with van der Waals surface area (Å²) in [6.07, 6.45) is 3.24. The highest BCUT2D eigenvalue weighted by Gasteiger charge is 2.18. The second kappa shape index (κ2) is 5.14. The highest BCUT2D eigenvalue weighted by molar-refractivity contribution is 7.10. The Morgan fingerprint density at radius 3 is 2.65 bits per heavy atom. The fourth-order valence-electron chi connectivity index (χ4n) is 1.64. The molecule has 0 radical (unpaired) electrons. The maximum atomic E-state index is 5.79. The Hall–Kier alpha value is -1.62. The molecule has 17 heavy (non-hydrogen) atoms. The quantitative estimate of drug-likeness (QED) is 0.873. The number of nitrogens with two attached hydrogens (primary N) is 1. The van der Waals surface area contributed by atoms with Crippen LogP contribution in [0.4, 0.5) is 11.6 Å². The fourth-order valence-corrected chi connectivity index (χ4v) is 2.59. The molecule has 0 bridgehead atoms. The van der Waals surface area contributed by atoms with Crippen LogP contribution in [0.1, 0.15) is 24.8 Å². The highest BCUT2D eigenvalue weighted by atomic mass is 32.1. The molecule has 1 atom stereocenters. The van der Waals surface area contributed by atoms with Crippen LogP contribution in [0.2, 0.25) is 0 Å². The predicted octanol–water partition coefficient (Wildman–Crippen LogP) is 2.93. The lowest BCUT2D eigenvalue weighted by Gasteiger charge is -2.22. The zero-order chi connectivity index (χ0) is 12.3. The zero-order valence-corrected chi connectivity index (χ0v) is 10.7. The Morgan fingerprint density at radius 2 is 2.06 bits per heavy atom. The molecule has 3 N–H and O–H groups in total. The zero-order valence-electron chi connectivity index (χ0n) is 9.92. The van der Waals surface area contributed by atoms with Gasteiger partial charge in [0.25, 0.3) is 0 Å². The molecular formula is C12H16N4S. The second-order valence-electron chi connectivity index (χ2n) is 4.17. The summed E-state index contributed by atoms with van der Waals surface area (Å²) in [7, 11) is 0. The smallest absolute Gasteiger partial charge is 0.169 e. The third-order valence-corrected chi connectivity index (χ3v) is 3.49. The van der Waals surface area contributed by atoms with Gasteiger partial charge in [-0.3, -0.25) is 0 Å². The minimum Gasteiger partial charge on any atom is -0.381 e. The summed E-state index contributed by atoms with van der Waals surface area (Å²) < 4.78 is 0. The topological polar surface area (TPSA) is 63.8 Å². The van der Waals surface area contributed by atoms with Gasteiger partial charge in [-0.2, -0.15) is 0 Å². The summed E-state index contributed by atoms with van der Waals surface area (Å²) in [5.41, 5.74) is 5.79. The van der Waals surface area contributed by atoms with E-state index in [0.717, 1.165) is 0 Å². The van der Waals surface area contributed by atoms with Crippen LogP contribution >= 0.6 is 11.3 Å². The van der Waals surface area contributed by atoms with Crippen LogP contribution in [0.15, 0.2) is 29.9 Å². The lowest BCUT2D eigenvalue weighted by molar-refractivity contribution is 0.552. The molecule has 0 aliphatic heterocycles. The predicted molar refractivity (Wildman–Crippen MR) is 72.0 cm³/mol. The van der Waals surface area contributed by atoms with E-state index < -0.39 is 0 Å². The third kappa shape index (κ3) is 2.74. The van der Waals surface area contributed by atoms with Crippen LogP contribution in [0.5, 0.6) is 0 Å². The molecule has 5 heteroatoms. The van der Waals surface area contributed by atoms with Gasteiger partial charge in [-0.25, -0.2) is 9.97 Å². The van der Waals surface area contributed by atoms with E-state index in [9.17, 15) is 0 Å². The summed E-state index contributed by atoms with van der Waals surface area (Å²) in [6, 6.07) is 4.39. The molecular weight excluding hydrogens is 232 g/mol. The molecule has 1 unspecified atom stereocenters. The standard InChI is InChI=1S/C12H16N4S/c1-8(2)10(9-4-3-7-17-9)16-12-11(13)14-5-6-15-12/h3-8,10H,1-2H3,(H2,13,14)(H,15,16). The highest BCUT2D eigenvalue weighted by Crippen LogP contribution is 2.30. The lowest BCUT2D eigenvalue weighted by Crippen LogP contribution is -2.17. The molecule has 0 amide bonds. The van der Waals surface area contributed by atoms with E-state index in [1.807, 2.05) is 0 Å². The van der Waals surface area contributed by atoms with Crippen LogP contribution in [-0.2, 0) is 0 Å². The number of nitrogens with zero attached hydrogens (tertiary/aromatic N) is 2. The third-order valence-electron chi connectivity index (χ3n) is 2.54. The number of hydrogen-bond donors (Lipinski definition) is 2. The van der Waals surface area contributed by atoms with Crippen LogP contribution in [0, 0.1) is 5.92 Å². The number of nitrogen functional groups attached to an aromatic ring is 1. The normalized spacial score (nSPS) is 12.6. The number of anilines is 2. The van der Waals surface area contributed by atoms with Crippen LogP contribution in [0.25, 0.3) is 0 Å². The van der Waals surface area contributed by atoms with Gasteiger partial charge in [0.15, 0.2) is 11.6 Å².